The van der Waals surface area contributed by atoms with Crippen LogP contribution in [0.1, 0.15) is 22.0 Å². The van der Waals surface area contributed by atoms with Crippen molar-refractivity contribution in [1.82, 2.24) is 5.32 Å². The molecule has 0 radical (unpaired) electrons. The Hall–Kier alpha value is -1.79. The molecule has 0 saturated heterocycles. The van der Waals surface area contributed by atoms with Gasteiger partial charge >= 0.3 is 6.09 Å². The van der Waals surface area contributed by atoms with Gasteiger partial charge in [-0.1, -0.05) is 17.7 Å². The number of nitrogens with two attached hydrogens (primary N) is 1. The zero-order chi connectivity index (χ0) is 13.0. The molecule has 7 heteroatoms. The number of benzene rings is 1. The fraction of sp³-hybridized carbons (Fsp3) is 0.200. The van der Waals surface area contributed by atoms with E-state index in [4.69, 9.17) is 27.5 Å². The van der Waals surface area contributed by atoms with E-state index in [-0.39, 0.29) is 10.6 Å². The minimum atomic E-state index is -1.28. The average Bonchev–Trinajstić information content (AvgIpc) is 2.26. The summed E-state index contributed by atoms with van der Waals surface area (Å²) in [6, 6.07) is 3.44. The van der Waals surface area contributed by atoms with Crippen molar-refractivity contribution in [1.29, 1.82) is 0 Å². The summed E-state index contributed by atoms with van der Waals surface area (Å²) in [6.45, 7) is -0.438. The van der Waals surface area contributed by atoms with Crippen molar-refractivity contribution < 1.29 is 19.8 Å². The van der Waals surface area contributed by atoms with Crippen molar-refractivity contribution in [3.63, 3.8) is 0 Å². The summed E-state index contributed by atoms with van der Waals surface area (Å²) in [6.07, 6.45) is -1.28. The Bertz CT molecular complexity index is 450. The zero-order valence-corrected chi connectivity index (χ0v) is 9.44. The molecule has 5 N–H and O–H groups in total. The minimum Gasteiger partial charge on any atom is -0.465 e. The van der Waals surface area contributed by atoms with Crippen LogP contribution < -0.4 is 11.1 Å². The molecule has 1 unspecified atom stereocenters. The van der Waals surface area contributed by atoms with Gasteiger partial charge in [0.05, 0.1) is 23.2 Å². The second-order valence-corrected chi connectivity index (χ2v) is 3.70. The predicted molar refractivity (Wildman–Crippen MR) is 61.0 cm³/mol. The molecule has 1 aromatic rings. The highest BCUT2D eigenvalue weighted by molar-refractivity contribution is 6.33. The monoisotopic (exact) mass is 258 g/mol. The Morgan fingerprint density at radius 1 is 1.47 bits per heavy atom. The topological polar surface area (TPSA) is 113 Å². The van der Waals surface area contributed by atoms with Crippen LogP contribution in [0.5, 0.6) is 0 Å². The standard InChI is InChI=1S/C10H11ClN2O4/c11-7-2-1-5(3-6(7)9(12)15)8(4-14)13-10(16)17/h1-3,8,13-14H,4H2,(H2,12,15)(H,16,17). The van der Waals surface area contributed by atoms with E-state index in [1.165, 1.54) is 18.2 Å². The van der Waals surface area contributed by atoms with Crippen LogP contribution in [0, 0.1) is 0 Å². The lowest BCUT2D eigenvalue weighted by molar-refractivity contribution is 0.1000. The molecular formula is C10H11ClN2O4. The van der Waals surface area contributed by atoms with Crippen molar-refractivity contribution in [2.45, 2.75) is 6.04 Å². The summed E-state index contributed by atoms with van der Waals surface area (Å²) in [4.78, 5) is 21.5. The molecule has 92 valence electrons. The van der Waals surface area contributed by atoms with E-state index in [1.807, 2.05) is 0 Å². The molecule has 0 heterocycles. The highest BCUT2D eigenvalue weighted by Gasteiger charge is 2.16. The molecular weight excluding hydrogens is 248 g/mol. The molecule has 0 fully saturated rings. The van der Waals surface area contributed by atoms with E-state index < -0.39 is 24.6 Å². The summed E-state index contributed by atoms with van der Waals surface area (Å²) in [5.41, 5.74) is 5.59. The SMILES string of the molecule is NC(=O)c1cc(C(CO)NC(=O)O)ccc1Cl. The van der Waals surface area contributed by atoms with E-state index in [9.17, 15) is 9.59 Å². The second kappa shape index (κ2) is 5.51. The van der Waals surface area contributed by atoms with Gasteiger partial charge in [0.25, 0.3) is 0 Å². The molecule has 6 nitrogen and oxygen atoms in total. The lowest BCUT2D eigenvalue weighted by Gasteiger charge is -2.15. The molecule has 0 aliphatic carbocycles. The van der Waals surface area contributed by atoms with Crippen molar-refractivity contribution in [2.75, 3.05) is 6.61 Å². The lowest BCUT2D eigenvalue weighted by atomic mass is 10.0. The van der Waals surface area contributed by atoms with Crippen LogP contribution in [0.4, 0.5) is 4.79 Å². The average molecular weight is 259 g/mol. The number of nitrogens with one attached hydrogen (secondary N) is 1. The molecule has 1 atom stereocenters. The number of carboxylic acid groups (broad SMARTS) is 1. The molecule has 1 rings (SSSR count). The van der Waals surface area contributed by atoms with Gasteiger partial charge in [-0.15, -0.1) is 0 Å². The third-order valence-electron chi connectivity index (χ3n) is 2.14. The number of aliphatic hydroxyl groups excluding tert-OH is 1. The van der Waals surface area contributed by atoms with Gasteiger partial charge in [0.2, 0.25) is 5.91 Å². The summed E-state index contributed by atoms with van der Waals surface area (Å²) in [7, 11) is 0. The van der Waals surface area contributed by atoms with E-state index in [0.29, 0.717) is 5.56 Å². The summed E-state index contributed by atoms with van der Waals surface area (Å²) < 4.78 is 0. The fourth-order valence-corrected chi connectivity index (χ4v) is 1.54. The summed E-state index contributed by atoms with van der Waals surface area (Å²) in [5.74, 6) is -0.719. The predicted octanol–water partition coefficient (Wildman–Crippen LogP) is 0.740. The van der Waals surface area contributed by atoms with Crippen LogP contribution in [-0.2, 0) is 0 Å². The van der Waals surface area contributed by atoms with Crippen LogP contribution in [-0.4, -0.2) is 28.8 Å². The molecule has 2 amide bonds. The minimum absolute atomic E-state index is 0.0785. The van der Waals surface area contributed by atoms with Gasteiger partial charge in [0, 0.05) is 0 Å². The Morgan fingerprint density at radius 3 is 2.59 bits per heavy atom. The first-order valence-electron chi connectivity index (χ1n) is 4.65. The molecule has 0 aliphatic heterocycles. The number of amides is 2. The van der Waals surface area contributed by atoms with Crippen LogP contribution in [0.3, 0.4) is 0 Å². The third kappa shape index (κ3) is 3.33. The molecule has 1 aromatic carbocycles. The number of hydrogen-bond donors (Lipinski definition) is 4. The van der Waals surface area contributed by atoms with Gasteiger partial charge < -0.3 is 21.3 Å². The second-order valence-electron chi connectivity index (χ2n) is 3.29. The maximum atomic E-state index is 11.0. The number of primary amides is 1. The van der Waals surface area contributed by atoms with Crippen molar-refractivity contribution in [3.05, 3.63) is 34.3 Å². The molecule has 0 bridgehead atoms. The van der Waals surface area contributed by atoms with Gasteiger partial charge in [0.15, 0.2) is 0 Å². The first-order valence-corrected chi connectivity index (χ1v) is 5.03. The van der Waals surface area contributed by atoms with E-state index in [0.717, 1.165) is 0 Å². The molecule has 0 aliphatic rings. The fourth-order valence-electron chi connectivity index (χ4n) is 1.33. The number of carbonyl (C=O) groups excluding carboxylic acids is 1. The number of hydrogen-bond acceptors (Lipinski definition) is 3. The number of aliphatic hydroxyl groups is 1. The summed E-state index contributed by atoms with van der Waals surface area (Å²) >= 11 is 5.74. The Balaban J connectivity index is 3.08. The highest BCUT2D eigenvalue weighted by Crippen LogP contribution is 2.21. The van der Waals surface area contributed by atoms with Gasteiger partial charge in [-0.05, 0) is 17.7 Å². The molecule has 0 spiro atoms. The third-order valence-corrected chi connectivity index (χ3v) is 2.47. The van der Waals surface area contributed by atoms with E-state index in [1.54, 1.807) is 0 Å². The molecule has 17 heavy (non-hydrogen) atoms. The maximum absolute atomic E-state index is 11.0. The zero-order valence-electron chi connectivity index (χ0n) is 8.68. The largest absolute Gasteiger partial charge is 0.465 e. The Kier molecular flexibility index (Phi) is 4.30. The van der Waals surface area contributed by atoms with Gasteiger partial charge in [-0.25, -0.2) is 4.79 Å². The van der Waals surface area contributed by atoms with Gasteiger partial charge in [-0.3, -0.25) is 4.79 Å². The number of halogens is 1. The lowest BCUT2D eigenvalue weighted by Crippen LogP contribution is -2.29. The van der Waals surface area contributed by atoms with Crippen LogP contribution in [0.25, 0.3) is 0 Å². The van der Waals surface area contributed by atoms with Gasteiger partial charge in [-0.2, -0.15) is 0 Å². The molecule has 0 aromatic heterocycles. The van der Waals surface area contributed by atoms with E-state index in [2.05, 4.69) is 5.32 Å². The Morgan fingerprint density at radius 2 is 2.12 bits per heavy atom. The smallest absolute Gasteiger partial charge is 0.405 e. The number of rotatable bonds is 4. The van der Waals surface area contributed by atoms with Gasteiger partial charge in [0.1, 0.15) is 0 Å². The number of carbonyl (C=O) groups is 2. The van der Waals surface area contributed by atoms with Crippen molar-refractivity contribution >= 4 is 23.6 Å². The first-order chi connectivity index (χ1) is 7.95. The van der Waals surface area contributed by atoms with Crippen LogP contribution >= 0.6 is 11.6 Å². The van der Waals surface area contributed by atoms with E-state index >= 15 is 0 Å². The molecule has 0 saturated carbocycles. The summed E-state index contributed by atoms with van der Waals surface area (Å²) in [5, 5.41) is 19.9. The maximum Gasteiger partial charge on any atom is 0.405 e. The quantitative estimate of drug-likeness (QED) is 0.638. The van der Waals surface area contributed by atoms with Crippen molar-refractivity contribution in [3.8, 4) is 0 Å². The van der Waals surface area contributed by atoms with Crippen LogP contribution in [0.15, 0.2) is 18.2 Å². The Labute approximate surface area is 102 Å². The van der Waals surface area contributed by atoms with Crippen LogP contribution in [0.2, 0.25) is 5.02 Å². The first kappa shape index (κ1) is 13.3. The van der Waals surface area contributed by atoms with Crippen molar-refractivity contribution in [2.24, 2.45) is 5.73 Å². The highest BCUT2D eigenvalue weighted by atomic mass is 35.5. The normalized spacial score (nSPS) is 11.9.